The smallest absolute Gasteiger partial charge is 0.232 e. The second-order valence-electron chi connectivity index (χ2n) is 1.37. The maximum atomic E-state index is 5.02. The summed E-state index contributed by atoms with van der Waals surface area (Å²) in [5, 5.41) is 0. The predicted octanol–water partition coefficient (Wildman–Crippen LogP) is -0.609. The molecule has 0 spiro atoms. The van der Waals surface area contributed by atoms with Gasteiger partial charge in [0.15, 0.2) is 0 Å². The van der Waals surface area contributed by atoms with Crippen LogP contribution in [0.3, 0.4) is 0 Å². The fourth-order valence-electron chi connectivity index (χ4n) is 0.244. The molecule has 3 N–H and O–H groups in total. The molecule has 8 heavy (non-hydrogen) atoms. The number of hydrogen-bond donors (Lipinski definition) is 2. The van der Waals surface area contributed by atoms with E-state index in [1.54, 1.807) is 0 Å². The lowest BCUT2D eigenvalue weighted by Gasteiger charge is -1.84. The maximum absolute atomic E-state index is 5.02. The summed E-state index contributed by atoms with van der Waals surface area (Å²) >= 11 is 2.30. The number of rotatable bonds is 2. The Labute approximate surface area is 63.0 Å². The van der Waals surface area contributed by atoms with E-state index in [1.165, 1.54) is 6.34 Å². The molecule has 0 heterocycles. The third kappa shape index (κ3) is 5.94. The maximum Gasteiger partial charge on any atom is 0.232 e. The standard InChI is InChI=1S/C5H9IN2/c1-5(6)2-3-8-4-7/h2-5H,1H3,(H2,7,8)/p+1/b3-2-/t5-/m1/s1. The molecular weight excluding hydrogens is 215 g/mol. The van der Waals surface area contributed by atoms with Crippen molar-refractivity contribution in [3.63, 3.8) is 0 Å². The van der Waals surface area contributed by atoms with Crippen LogP contribution in [0.2, 0.25) is 0 Å². The molecule has 0 fully saturated rings. The van der Waals surface area contributed by atoms with Crippen molar-refractivity contribution in [3.05, 3.63) is 12.3 Å². The van der Waals surface area contributed by atoms with E-state index in [0.717, 1.165) is 0 Å². The number of nitrogens with one attached hydrogen (secondary N) is 1. The van der Waals surface area contributed by atoms with Gasteiger partial charge in [0.25, 0.3) is 0 Å². The topological polar surface area (TPSA) is 40.0 Å². The van der Waals surface area contributed by atoms with E-state index in [4.69, 9.17) is 5.73 Å². The molecule has 0 radical (unpaired) electrons. The lowest BCUT2D eigenvalue weighted by molar-refractivity contribution is -0.367. The average Bonchev–Trinajstić information content (AvgIpc) is 1.66. The lowest BCUT2D eigenvalue weighted by atomic mass is 10.5. The van der Waals surface area contributed by atoms with Gasteiger partial charge >= 0.3 is 0 Å². The van der Waals surface area contributed by atoms with Gasteiger partial charge in [-0.1, -0.05) is 22.6 Å². The zero-order chi connectivity index (χ0) is 6.41. The molecule has 3 heteroatoms. The first-order chi connectivity index (χ1) is 3.77. The first-order valence-corrected chi connectivity index (χ1v) is 3.62. The second kappa shape index (κ2) is 5.08. The van der Waals surface area contributed by atoms with Gasteiger partial charge in [-0.3, -0.25) is 10.7 Å². The Balaban J connectivity index is 3.34. The van der Waals surface area contributed by atoms with Gasteiger partial charge in [0.1, 0.15) is 0 Å². The Morgan fingerprint density at radius 2 is 2.38 bits per heavy atom. The Bertz CT molecular complexity index is 96.6. The summed E-state index contributed by atoms with van der Waals surface area (Å²) in [6, 6.07) is 0. The van der Waals surface area contributed by atoms with Crippen LogP contribution in [0.1, 0.15) is 6.92 Å². The summed E-state index contributed by atoms with van der Waals surface area (Å²) < 4.78 is 0.556. The minimum absolute atomic E-state index is 0.556. The molecule has 0 saturated carbocycles. The molecule has 0 aromatic heterocycles. The van der Waals surface area contributed by atoms with Gasteiger partial charge < -0.3 is 0 Å². The van der Waals surface area contributed by atoms with Gasteiger partial charge in [-0.15, -0.1) is 0 Å². The van der Waals surface area contributed by atoms with Crippen LogP contribution in [0.15, 0.2) is 12.3 Å². The quantitative estimate of drug-likeness (QED) is 0.280. The molecule has 46 valence electrons. The van der Waals surface area contributed by atoms with Gasteiger partial charge in [0.2, 0.25) is 6.34 Å². The van der Waals surface area contributed by atoms with Crippen LogP contribution in [0.25, 0.3) is 0 Å². The van der Waals surface area contributed by atoms with Crippen molar-refractivity contribution in [2.24, 2.45) is 5.73 Å². The lowest BCUT2D eigenvalue weighted by Crippen LogP contribution is -2.63. The Morgan fingerprint density at radius 3 is 2.75 bits per heavy atom. The summed E-state index contributed by atoms with van der Waals surface area (Å²) in [6.45, 7) is 2.09. The van der Waals surface area contributed by atoms with Crippen molar-refractivity contribution < 1.29 is 4.99 Å². The number of allylic oxidation sites excluding steroid dienone is 1. The molecule has 0 amide bonds. The van der Waals surface area contributed by atoms with E-state index in [-0.39, 0.29) is 0 Å². The van der Waals surface area contributed by atoms with E-state index in [1.807, 2.05) is 12.3 Å². The van der Waals surface area contributed by atoms with Crippen LogP contribution in [-0.2, 0) is 0 Å². The number of alkyl halides is 1. The van der Waals surface area contributed by atoms with Gasteiger partial charge in [0, 0.05) is 3.92 Å². The molecule has 2 nitrogen and oxygen atoms in total. The number of halogens is 1. The van der Waals surface area contributed by atoms with E-state index >= 15 is 0 Å². The normalized spacial score (nSPS) is 15.8. The highest BCUT2D eigenvalue weighted by molar-refractivity contribution is 14.1. The predicted molar refractivity (Wildman–Crippen MR) is 43.8 cm³/mol. The van der Waals surface area contributed by atoms with Crippen molar-refractivity contribution in [3.8, 4) is 0 Å². The van der Waals surface area contributed by atoms with Gasteiger partial charge in [-0.2, -0.15) is 0 Å². The molecule has 0 aliphatic carbocycles. The van der Waals surface area contributed by atoms with Gasteiger partial charge in [-0.25, -0.2) is 0 Å². The Hall–Kier alpha value is -0.0600. The zero-order valence-electron chi connectivity index (χ0n) is 4.76. The van der Waals surface area contributed by atoms with Crippen molar-refractivity contribution in [2.45, 2.75) is 10.8 Å². The van der Waals surface area contributed by atoms with Crippen molar-refractivity contribution in [1.82, 2.24) is 0 Å². The first-order valence-electron chi connectivity index (χ1n) is 2.37. The summed E-state index contributed by atoms with van der Waals surface area (Å²) in [7, 11) is 0. The van der Waals surface area contributed by atoms with E-state index in [2.05, 4.69) is 34.5 Å². The minimum Gasteiger partial charge on any atom is -0.293 e. The molecule has 0 unspecified atom stereocenters. The van der Waals surface area contributed by atoms with Crippen LogP contribution in [-0.4, -0.2) is 10.3 Å². The molecule has 0 aliphatic rings. The van der Waals surface area contributed by atoms with E-state index < -0.39 is 0 Å². The zero-order valence-corrected chi connectivity index (χ0v) is 6.92. The fraction of sp³-hybridized carbons (Fsp3) is 0.400. The highest BCUT2D eigenvalue weighted by atomic mass is 127. The van der Waals surface area contributed by atoms with Crippen LogP contribution in [0.4, 0.5) is 0 Å². The molecule has 0 aromatic carbocycles. The van der Waals surface area contributed by atoms with Crippen molar-refractivity contribution in [2.75, 3.05) is 0 Å². The summed E-state index contributed by atoms with van der Waals surface area (Å²) in [5.74, 6) is 0. The molecular formula is C5H10IN2+. The van der Waals surface area contributed by atoms with E-state index in [0.29, 0.717) is 3.92 Å². The summed E-state index contributed by atoms with van der Waals surface area (Å²) in [5.41, 5.74) is 5.02. The molecule has 0 rings (SSSR count). The summed E-state index contributed by atoms with van der Waals surface area (Å²) in [4.78, 5) is 2.75. The third-order valence-corrected chi connectivity index (χ3v) is 0.969. The third-order valence-electron chi connectivity index (χ3n) is 0.554. The van der Waals surface area contributed by atoms with E-state index in [9.17, 15) is 0 Å². The van der Waals surface area contributed by atoms with Crippen molar-refractivity contribution >= 4 is 28.9 Å². The Morgan fingerprint density at radius 1 is 1.75 bits per heavy atom. The monoisotopic (exact) mass is 225 g/mol. The first kappa shape index (κ1) is 7.94. The molecule has 0 aliphatic heterocycles. The van der Waals surface area contributed by atoms with Crippen LogP contribution < -0.4 is 10.7 Å². The molecule has 0 bridgehead atoms. The second-order valence-corrected chi connectivity index (χ2v) is 3.33. The highest BCUT2D eigenvalue weighted by Crippen LogP contribution is 1.96. The highest BCUT2D eigenvalue weighted by Gasteiger charge is 1.82. The molecule has 0 aromatic rings. The van der Waals surface area contributed by atoms with Crippen LogP contribution in [0, 0.1) is 0 Å². The fourth-order valence-corrected chi connectivity index (χ4v) is 0.451. The molecule has 0 saturated heterocycles. The minimum atomic E-state index is 0.556. The van der Waals surface area contributed by atoms with Gasteiger partial charge in [0.05, 0.1) is 6.20 Å². The average molecular weight is 225 g/mol. The summed E-state index contributed by atoms with van der Waals surface area (Å²) in [6.07, 6.45) is 5.23. The van der Waals surface area contributed by atoms with Crippen LogP contribution >= 0.6 is 22.6 Å². The number of nitrogens with two attached hydrogens (primary N) is 1. The van der Waals surface area contributed by atoms with Crippen molar-refractivity contribution in [1.29, 1.82) is 0 Å². The molecule has 1 atom stereocenters. The largest absolute Gasteiger partial charge is 0.293 e. The Kier molecular flexibility index (Phi) is 5.05. The number of hydrogen-bond acceptors (Lipinski definition) is 0. The van der Waals surface area contributed by atoms with Gasteiger partial charge in [-0.05, 0) is 13.0 Å². The SMILES string of the molecule is C[C@@H](I)/C=C\[NH+]=CN. The van der Waals surface area contributed by atoms with Crippen LogP contribution in [0.5, 0.6) is 0 Å².